The molecule has 0 aliphatic heterocycles. The number of hydrogen-bond donors (Lipinski definition) is 1. The molecule has 21 heavy (non-hydrogen) atoms. The number of benzene rings is 2. The number of rotatable bonds is 6. The van der Waals surface area contributed by atoms with E-state index in [1.807, 2.05) is 24.3 Å². The summed E-state index contributed by atoms with van der Waals surface area (Å²) in [5.74, 6) is 0.350. The highest BCUT2D eigenvalue weighted by Crippen LogP contribution is 2.21. The Morgan fingerprint density at radius 3 is 2.48 bits per heavy atom. The standard InChI is InChI=1S/C17H19ClFNO/c1-12(2)20-10-13-6-8-14(9-7-13)21-11-15-16(18)4-3-5-17(15)19/h3-9,12,20H,10-11H2,1-2H3. The van der Waals surface area contributed by atoms with Gasteiger partial charge in [-0.25, -0.2) is 4.39 Å². The van der Waals surface area contributed by atoms with Crippen molar-refractivity contribution in [2.24, 2.45) is 0 Å². The van der Waals surface area contributed by atoms with E-state index in [1.165, 1.54) is 11.6 Å². The minimum atomic E-state index is -0.347. The monoisotopic (exact) mass is 307 g/mol. The van der Waals surface area contributed by atoms with Gasteiger partial charge in [0.05, 0.1) is 5.02 Å². The fraction of sp³-hybridized carbons (Fsp3) is 0.294. The van der Waals surface area contributed by atoms with E-state index in [9.17, 15) is 4.39 Å². The molecule has 0 unspecified atom stereocenters. The third kappa shape index (κ3) is 4.73. The maximum absolute atomic E-state index is 13.6. The van der Waals surface area contributed by atoms with Gasteiger partial charge in [-0.05, 0) is 29.8 Å². The van der Waals surface area contributed by atoms with Gasteiger partial charge in [0.15, 0.2) is 0 Å². The van der Waals surface area contributed by atoms with Crippen molar-refractivity contribution in [3.63, 3.8) is 0 Å². The quantitative estimate of drug-likeness (QED) is 0.845. The van der Waals surface area contributed by atoms with Crippen molar-refractivity contribution in [3.05, 3.63) is 64.4 Å². The molecule has 2 nitrogen and oxygen atoms in total. The lowest BCUT2D eigenvalue weighted by Crippen LogP contribution is -2.21. The average Bonchev–Trinajstić information content (AvgIpc) is 2.46. The van der Waals surface area contributed by atoms with E-state index >= 15 is 0 Å². The van der Waals surface area contributed by atoms with Gasteiger partial charge in [-0.1, -0.05) is 43.6 Å². The third-order valence-electron chi connectivity index (χ3n) is 3.08. The molecule has 0 aliphatic carbocycles. The van der Waals surface area contributed by atoms with E-state index < -0.39 is 0 Å². The second-order valence-electron chi connectivity index (χ2n) is 5.17. The summed E-state index contributed by atoms with van der Waals surface area (Å²) in [5, 5.41) is 3.73. The van der Waals surface area contributed by atoms with Crippen molar-refractivity contribution in [2.75, 3.05) is 0 Å². The Hall–Kier alpha value is -1.58. The zero-order valence-corrected chi connectivity index (χ0v) is 13.0. The Morgan fingerprint density at radius 2 is 1.86 bits per heavy atom. The predicted molar refractivity (Wildman–Crippen MR) is 84.2 cm³/mol. The first-order valence-electron chi connectivity index (χ1n) is 6.94. The Morgan fingerprint density at radius 1 is 1.14 bits per heavy atom. The molecule has 0 spiro atoms. The first kappa shape index (κ1) is 15.8. The number of halogens is 2. The van der Waals surface area contributed by atoms with Crippen molar-refractivity contribution in [2.45, 2.75) is 33.0 Å². The van der Waals surface area contributed by atoms with E-state index in [0.717, 1.165) is 6.54 Å². The Balaban J connectivity index is 1.95. The SMILES string of the molecule is CC(C)NCc1ccc(OCc2c(F)cccc2Cl)cc1. The molecule has 0 heterocycles. The highest BCUT2D eigenvalue weighted by Gasteiger charge is 2.07. The second kappa shape index (κ2) is 7.43. The molecule has 0 fully saturated rings. The predicted octanol–water partition coefficient (Wildman–Crippen LogP) is 4.56. The third-order valence-corrected chi connectivity index (χ3v) is 3.44. The van der Waals surface area contributed by atoms with E-state index in [0.29, 0.717) is 22.4 Å². The molecule has 0 atom stereocenters. The van der Waals surface area contributed by atoms with Crippen LogP contribution in [0.15, 0.2) is 42.5 Å². The van der Waals surface area contributed by atoms with Crippen LogP contribution >= 0.6 is 11.6 Å². The molecular weight excluding hydrogens is 289 g/mol. The first-order valence-corrected chi connectivity index (χ1v) is 7.32. The molecule has 0 radical (unpaired) electrons. The van der Waals surface area contributed by atoms with Gasteiger partial charge in [0, 0.05) is 18.2 Å². The highest BCUT2D eigenvalue weighted by atomic mass is 35.5. The molecule has 2 aromatic carbocycles. The largest absolute Gasteiger partial charge is 0.489 e. The minimum absolute atomic E-state index is 0.120. The lowest BCUT2D eigenvalue weighted by molar-refractivity contribution is 0.300. The van der Waals surface area contributed by atoms with Crippen LogP contribution in [-0.4, -0.2) is 6.04 Å². The number of ether oxygens (including phenoxy) is 1. The molecule has 2 aromatic rings. The lowest BCUT2D eigenvalue weighted by atomic mass is 10.2. The highest BCUT2D eigenvalue weighted by molar-refractivity contribution is 6.31. The Labute approximate surface area is 129 Å². The van der Waals surface area contributed by atoms with Gasteiger partial charge in [-0.15, -0.1) is 0 Å². The molecule has 2 rings (SSSR count). The summed E-state index contributed by atoms with van der Waals surface area (Å²) >= 11 is 5.96. The van der Waals surface area contributed by atoms with Crippen molar-refractivity contribution < 1.29 is 9.13 Å². The van der Waals surface area contributed by atoms with Gasteiger partial charge in [0.2, 0.25) is 0 Å². The zero-order chi connectivity index (χ0) is 15.2. The first-order chi connectivity index (χ1) is 10.1. The molecule has 0 aliphatic rings. The van der Waals surface area contributed by atoms with Crippen molar-refractivity contribution >= 4 is 11.6 Å². The van der Waals surface area contributed by atoms with Crippen LogP contribution in [-0.2, 0) is 13.2 Å². The summed E-state index contributed by atoms with van der Waals surface area (Å²) in [6, 6.07) is 12.8. The molecule has 0 saturated carbocycles. The smallest absolute Gasteiger partial charge is 0.131 e. The summed E-state index contributed by atoms with van der Waals surface area (Å²) < 4.78 is 19.2. The van der Waals surface area contributed by atoms with Crippen LogP contribution in [0.3, 0.4) is 0 Å². The van der Waals surface area contributed by atoms with Crippen LogP contribution in [0.1, 0.15) is 25.0 Å². The summed E-state index contributed by atoms with van der Waals surface area (Å²) in [5.41, 5.74) is 1.56. The molecule has 0 amide bonds. The molecule has 0 bridgehead atoms. The molecule has 4 heteroatoms. The number of hydrogen-bond acceptors (Lipinski definition) is 2. The molecule has 0 saturated heterocycles. The van der Waals surface area contributed by atoms with Crippen LogP contribution in [0.5, 0.6) is 5.75 Å². The maximum Gasteiger partial charge on any atom is 0.131 e. The van der Waals surface area contributed by atoms with Gasteiger partial charge in [0.1, 0.15) is 18.2 Å². The Kier molecular flexibility index (Phi) is 5.59. The molecular formula is C17H19ClFNO. The molecule has 112 valence electrons. The summed E-state index contributed by atoms with van der Waals surface area (Å²) in [6.45, 7) is 5.15. The van der Waals surface area contributed by atoms with Gasteiger partial charge < -0.3 is 10.1 Å². The zero-order valence-electron chi connectivity index (χ0n) is 12.2. The van der Waals surface area contributed by atoms with Crippen LogP contribution in [0.25, 0.3) is 0 Å². The summed E-state index contributed by atoms with van der Waals surface area (Å²) in [6.07, 6.45) is 0. The number of nitrogens with one attached hydrogen (secondary N) is 1. The van der Waals surface area contributed by atoms with Crippen LogP contribution in [0.4, 0.5) is 4.39 Å². The lowest BCUT2D eigenvalue weighted by Gasteiger charge is -2.11. The van der Waals surface area contributed by atoms with Gasteiger partial charge in [-0.2, -0.15) is 0 Å². The molecule has 1 N–H and O–H groups in total. The van der Waals surface area contributed by atoms with Crippen LogP contribution in [0.2, 0.25) is 5.02 Å². The van der Waals surface area contributed by atoms with E-state index in [2.05, 4.69) is 19.2 Å². The second-order valence-corrected chi connectivity index (χ2v) is 5.58. The maximum atomic E-state index is 13.6. The van der Waals surface area contributed by atoms with Crippen molar-refractivity contribution in [1.29, 1.82) is 0 Å². The van der Waals surface area contributed by atoms with Crippen molar-refractivity contribution in [3.8, 4) is 5.75 Å². The summed E-state index contributed by atoms with van der Waals surface area (Å²) in [7, 11) is 0. The average molecular weight is 308 g/mol. The fourth-order valence-electron chi connectivity index (χ4n) is 1.85. The van der Waals surface area contributed by atoms with Crippen LogP contribution < -0.4 is 10.1 Å². The van der Waals surface area contributed by atoms with Gasteiger partial charge in [-0.3, -0.25) is 0 Å². The van der Waals surface area contributed by atoms with Gasteiger partial charge >= 0.3 is 0 Å². The van der Waals surface area contributed by atoms with E-state index in [1.54, 1.807) is 12.1 Å². The normalized spacial score (nSPS) is 10.9. The Bertz CT molecular complexity index is 564. The topological polar surface area (TPSA) is 21.3 Å². The van der Waals surface area contributed by atoms with E-state index in [-0.39, 0.29) is 12.4 Å². The molecule has 0 aromatic heterocycles. The van der Waals surface area contributed by atoms with Crippen LogP contribution in [0, 0.1) is 5.82 Å². The van der Waals surface area contributed by atoms with E-state index in [4.69, 9.17) is 16.3 Å². The van der Waals surface area contributed by atoms with Crippen molar-refractivity contribution in [1.82, 2.24) is 5.32 Å². The van der Waals surface area contributed by atoms with Gasteiger partial charge in [0.25, 0.3) is 0 Å². The fourth-order valence-corrected chi connectivity index (χ4v) is 2.07. The summed E-state index contributed by atoms with van der Waals surface area (Å²) in [4.78, 5) is 0. The minimum Gasteiger partial charge on any atom is -0.489 e.